The molecule has 0 radical (unpaired) electrons. The van der Waals surface area contributed by atoms with Crippen molar-refractivity contribution in [3.8, 4) is 17.1 Å². The van der Waals surface area contributed by atoms with Gasteiger partial charge in [0, 0.05) is 31.8 Å². The van der Waals surface area contributed by atoms with Crippen LogP contribution in [0.15, 0.2) is 28.2 Å². The number of benzene rings is 1. The Hall–Kier alpha value is -3.92. The first-order chi connectivity index (χ1) is 19.1. The average Bonchev–Trinajstić information content (AvgIpc) is 3.56. The molecule has 10 heteroatoms. The summed E-state index contributed by atoms with van der Waals surface area (Å²) < 4.78 is 6.13. The summed E-state index contributed by atoms with van der Waals surface area (Å²) in [4.78, 5) is 55.4. The Morgan fingerprint density at radius 2 is 1.85 bits per heavy atom. The van der Waals surface area contributed by atoms with Gasteiger partial charge in [-0.25, -0.2) is 0 Å². The number of rotatable bonds is 5. The van der Waals surface area contributed by atoms with Crippen molar-refractivity contribution in [1.82, 2.24) is 4.90 Å². The summed E-state index contributed by atoms with van der Waals surface area (Å²) in [7, 11) is 3.72. The minimum atomic E-state index is -1.64. The van der Waals surface area contributed by atoms with Gasteiger partial charge in [-0.15, -0.1) is 0 Å². The van der Waals surface area contributed by atoms with Crippen molar-refractivity contribution in [1.29, 1.82) is 0 Å². The number of allylic oxidation sites excluding steroid dienone is 1. The maximum absolute atomic E-state index is 13.7. The lowest BCUT2D eigenvalue weighted by Crippen LogP contribution is -2.53. The largest absolute Gasteiger partial charge is 0.507 e. The Balaban J connectivity index is 1.43. The van der Waals surface area contributed by atoms with Crippen LogP contribution in [0.3, 0.4) is 0 Å². The SMILES string of the molecule is CN(C)c1cc(-c2ccc(CN3CCCC3)o2)c(O)c2c1CC1CC3CC(=O)C(C(N)=O)C(=O)C3C(=O)C1=C2O. The average molecular weight is 548 g/mol. The summed E-state index contributed by atoms with van der Waals surface area (Å²) in [6.07, 6.45) is 2.89. The van der Waals surface area contributed by atoms with Gasteiger partial charge in [-0.05, 0) is 74.4 Å². The number of amides is 1. The van der Waals surface area contributed by atoms with Crippen LogP contribution in [0.4, 0.5) is 5.69 Å². The van der Waals surface area contributed by atoms with Crippen LogP contribution in [0.2, 0.25) is 0 Å². The van der Waals surface area contributed by atoms with Crippen LogP contribution in [-0.4, -0.2) is 65.6 Å². The molecule has 4 N–H and O–H groups in total. The lowest BCUT2D eigenvalue weighted by Gasteiger charge is -2.42. The van der Waals surface area contributed by atoms with Crippen molar-refractivity contribution in [2.24, 2.45) is 29.4 Å². The molecule has 3 aliphatic carbocycles. The standard InChI is InChI=1S/C30H33N3O7/c1-32(2)19-12-18(21-6-5-16(40-21)13-33-7-3-4-8-33)26(35)24-17(19)10-14-9-15-11-20(34)25(30(31)39)29(38)23(15)27(36)22(14)28(24)37/h5-6,12,14-15,23,25,35,37H,3-4,7-11,13H2,1-2H3,(H2,31,39). The maximum atomic E-state index is 13.7. The zero-order valence-electron chi connectivity index (χ0n) is 22.6. The third kappa shape index (κ3) is 4.04. The van der Waals surface area contributed by atoms with Gasteiger partial charge in [0.25, 0.3) is 0 Å². The number of anilines is 1. The van der Waals surface area contributed by atoms with Gasteiger partial charge in [-0.3, -0.25) is 24.1 Å². The number of fused-ring (bicyclic) bond motifs is 3. The number of carbonyl (C=O) groups is 4. The van der Waals surface area contributed by atoms with Crippen LogP contribution < -0.4 is 10.6 Å². The Bertz CT molecular complexity index is 1480. The first-order valence-corrected chi connectivity index (χ1v) is 13.8. The van der Waals surface area contributed by atoms with Crippen LogP contribution in [-0.2, 0) is 32.1 Å². The van der Waals surface area contributed by atoms with E-state index in [1.54, 1.807) is 6.07 Å². The number of ketones is 3. The van der Waals surface area contributed by atoms with Gasteiger partial charge in [0.15, 0.2) is 23.3 Å². The van der Waals surface area contributed by atoms with Crippen molar-refractivity contribution < 1.29 is 33.8 Å². The fourth-order valence-corrected chi connectivity index (χ4v) is 7.17. The molecule has 1 amide bonds. The van der Waals surface area contributed by atoms with Gasteiger partial charge in [0.2, 0.25) is 5.91 Å². The predicted octanol–water partition coefficient (Wildman–Crippen LogP) is 2.60. The summed E-state index contributed by atoms with van der Waals surface area (Å²) in [5.41, 5.74) is 7.34. The Kier molecular flexibility index (Phi) is 6.33. The van der Waals surface area contributed by atoms with E-state index in [0.717, 1.165) is 37.4 Å². The normalized spacial score (nSPS) is 26.5. The van der Waals surface area contributed by atoms with E-state index in [-0.39, 0.29) is 29.1 Å². The molecule has 2 saturated carbocycles. The van der Waals surface area contributed by atoms with Crippen molar-refractivity contribution >= 4 is 34.7 Å². The van der Waals surface area contributed by atoms with Gasteiger partial charge >= 0.3 is 0 Å². The highest BCUT2D eigenvalue weighted by Crippen LogP contribution is 2.52. The molecule has 4 aliphatic rings. The highest BCUT2D eigenvalue weighted by atomic mass is 16.3. The number of primary amides is 1. The third-order valence-corrected chi connectivity index (χ3v) is 8.99. The summed E-state index contributed by atoms with van der Waals surface area (Å²) in [5, 5.41) is 23.1. The van der Waals surface area contributed by atoms with E-state index < -0.39 is 46.9 Å². The van der Waals surface area contributed by atoms with Crippen LogP contribution in [0, 0.1) is 23.7 Å². The lowest BCUT2D eigenvalue weighted by atomic mass is 9.59. The van der Waals surface area contributed by atoms with E-state index in [0.29, 0.717) is 36.3 Å². The molecule has 2 aromatic rings. The number of carbonyl (C=O) groups excluding carboxylic acids is 4. The smallest absolute Gasteiger partial charge is 0.235 e. The molecule has 1 aromatic carbocycles. The number of hydrogen-bond acceptors (Lipinski definition) is 9. The fraction of sp³-hybridized carbons (Fsp3) is 0.467. The molecule has 4 atom stereocenters. The number of phenolic OH excluding ortho intramolecular Hbond substituents is 1. The topological polar surface area (TPSA) is 154 Å². The second-order valence-electron chi connectivity index (χ2n) is 11.7. The van der Waals surface area contributed by atoms with Crippen LogP contribution >= 0.6 is 0 Å². The monoisotopic (exact) mass is 547 g/mol. The number of phenols is 1. The van der Waals surface area contributed by atoms with E-state index in [1.807, 2.05) is 31.1 Å². The fourth-order valence-electron chi connectivity index (χ4n) is 7.17. The summed E-state index contributed by atoms with van der Waals surface area (Å²) in [6.45, 7) is 2.70. The molecule has 210 valence electrons. The highest BCUT2D eigenvalue weighted by Gasteiger charge is 2.55. The second kappa shape index (κ2) is 9.62. The van der Waals surface area contributed by atoms with Crippen LogP contribution in [0.25, 0.3) is 17.1 Å². The first-order valence-electron chi connectivity index (χ1n) is 13.8. The van der Waals surface area contributed by atoms with E-state index in [9.17, 15) is 29.4 Å². The van der Waals surface area contributed by atoms with Gasteiger partial charge in [0.05, 0.1) is 23.6 Å². The van der Waals surface area contributed by atoms with Gasteiger partial charge in [0.1, 0.15) is 23.0 Å². The number of nitrogens with zero attached hydrogens (tertiary/aromatic N) is 2. The van der Waals surface area contributed by atoms with Crippen molar-refractivity contribution in [2.45, 2.75) is 38.6 Å². The van der Waals surface area contributed by atoms with E-state index >= 15 is 0 Å². The van der Waals surface area contributed by atoms with Crippen LogP contribution in [0.5, 0.6) is 5.75 Å². The quantitative estimate of drug-likeness (QED) is 0.479. The van der Waals surface area contributed by atoms with Gasteiger partial charge < -0.3 is 25.3 Å². The molecule has 0 bridgehead atoms. The number of aromatic hydroxyl groups is 1. The number of hydrogen-bond donors (Lipinski definition) is 3. The van der Waals surface area contributed by atoms with E-state index in [1.165, 1.54) is 0 Å². The zero-order chi connectivity index (χ0) is 28.5. The van der Waals surface area contributed by atoms with E-state index in [2.05, 4.69) is 4.90 Å². The number of nitrogens with two attached hydrogens (primary N) is 1. The molecule has 4 unspecified atom stereocenters. The summed E-state index contributed by atoms with van der Waals surface area (Å²) in [6, 6.07) is 5.50. The lowest BCUT2D eigenvalue weighted by molar-refractivity contribution is -0.149. The molecule has 6 rings (SSSR count). The molecule has 0 spiro atoms. The van der Waals surface area contributed by atoms with Crippen LogP contribution in [0.1, 0.15) is 42.6 Å². The minimum Gasteiger partial charge on any atom is -0.507 e. The Morgan fingerprint density at radius 3 is 2.52 bits per heavy atom. The second-order valence-corrected chi connectivity index (χ2v) is 11.7. The molecule has 3 fully saturated rings. The van der Waals surface area contributed by atoms with Crippen molar-refractivity contribution in [3.63, 3.8) is 0 Å². The maximum Gasteiger partial charge on any atom is 0.235 e. The molecule has 40 heavy (non-hydrogen) atoms. The molecular weight excluding hydrogens is 514 g/mol. The molecular formula is C30H33N3O7. The number of Topliss-reactive ketones (excluding diaryl/α,β-unsaturated/α-hetero) is 3. The molecule has 1 aliphatic heterocycles. The first kappa shape index (κ1) is 26.3. The number of aliphatic hydroxyl groups excluding tert-OH is 1. The molecule has 2 heterocycles. The van der Waals surface area contributed by atoms with Gasteiger partial charge in [-0.2, -0.15) is 0 Å². The van der Waals surface area contributed by atoms with Crippen molar-refractivity contribution in [2.75, 3.05) is 32.1 Å². The summed E-state index contributed by atoms with van der Waals surface area (Å²) >= 11 is 0. The highest BCUT2D eigenvalue weighted by molar-refractivity contribution is 6.27. The Labute approximate surface area is 231 Å². The van der Waals surface area contributed by atoms with E-state index in [4.69, 9.17) is 10.2 Å². The van der Waals surface area contributed by atoms with Gasteiger partial charge in [-0.1, -0.05) is 0 Å². The molecule has 10 nitrogen and oxygen atoms in total. The molecule has 1 aromatic heterocycles. The number of furan rings is 1. The number of aliphatic hydroxyl groups is 1. The zero-order valence-corrected chi connectivity index (χ0v) is 22.6. The summed E-state index contributed by atoms with van der Waals surface area (Å²) in [5.74, 6) is -6.24. The number of likely N-dealkylation sites (tertiary alicyclic amines) is 1. The predicted molar refractivity (Wildman–Crippen MR) is 145 cm³/mol. The van der Waals surface area contributed by atoms with Crippen molar-refractivity contribution in [3.05, 3.63) is 40.7 Å². The Morgan fingerprint density at radius 1 is 1.12 bits per heavy atom. The third-order valence-electron chi connectivity index (χ3n) is 8.99. The minimum absolute atomic E-state index is 0.0611. The molecule has 1 saturated heterocycles.